The Balaban J connectivity index is 2.17. The minimum Gasteiger partial charge on any atom is -0.504 e. The first-order valence-corrected chi connectivity index (χ1v) is 8.14. The van der Waals surface area contributed by atoms with Gasteiger partial charge in [0.25, 0.3) is 0 Å². The molecule has 0 atom stereocenters. The number of nitrogens with zero attached hydrogens (tertiary/aromatic N) is 2. The van der Waals surface area contributed by atoms with E-state index in [2.05, 4.69) is 26.0 Å². The van der Waals surface area contributed by atoms with Gasteiger partial charge in [-0.15, -0.1) is 0 Å². The molecule has 0 aliphatic rings. The van der Waals surface area contributed by atoms with E-state index in [0.717, 1.165) is 47.5 Å². The van der Waals surface area contributed by atoms with Crippen molar-refractivity contribution < 1.29 is 5.11 Å². The number of para-hydroxylation sites is 1. The van der Waals surface area contributed by atoms with Crippen LogP contribution in [-0.2, 0) is 6.42 Å². The van der Waals surface area contributed by atoms with Crippen LogP contribution in [0.1, 0.15) is 31.0 Å². The Hall–Kier alpha value is -2.55. The quantitative estimate of drug-likeness (QED) is 0.728. The highest BCUT2D eigenvalue weighted by Gasteiger charge is 2.19. The highest BCUT2D eigenvalue weighted by molar-refractivity contribution is 5.70. The maximum atomic E-state index is 10.8. The lowest BCUT2D eigenvalue weighted by molar-refractivity contribution is 0.469. The van der Waals surface area contributed by atoms with E-state index in [1.807, 2.05) is 47.1 Å². The van der Waals surface area contributed by atoms with E-state index in [-0.39, 0.29) is 0 Å². The summed E-state index contributed by atoms with van der Waals surface area (Å²) in [4.78, 5) is 0. The molecule has 1 heterocycles. The summed E-state index contributed by atoms with van der Waals surface area (Å²) < 4.78 is 1.86. The third-order valence-electron chi connectivity index (χ3n) is 3.99. The number of unbranched alkanes of at least 4 members (excludes halogenated alkanes) is 1. The average Bonchev–Trinajstić information content (AvgIpc) is 2.90. The van der Waals surface area contributed by atoms with Crippen molar-refractivity contribution in [3.05, 3.63) is 65.9 Å². The molecule has 1 aromatic heterocycles. The molecule has 0 saturated carbocycles. The number of benzene rings is 2. The Bertz CT molecular complexity index is 791. The van der Waals surface area contributed by atoms with Gasteiger partial charge in [-0.05, 0) is 38.0 Å². The molecule has 0 amide bonds. The Morgan fingerprint density at radius 2 is 1.83 bits per heavy atom. The monoisotopic (exact) mass is 306 g/mol. The fraction of sp³-hybridized carbons (Fsp3) is 0.250. The molecule has 3 rings (SSSR count). The Morgan fingerprint density at radius 1 is 1.04 bits per heavy atom. The fourth-order valence-electron chi connectivity index (χ4n) is 2.78. The summed E-state index contributed by atoms with van der Waals surface area (Å²) >= 11 is 0. The van der Waals surface area contributed by atoms with Crippen LogP contribution in [-0.4, -0.2) is 14.9 Å². The summed E-state index contributed by atoms with van der Waals surface area (Å²) in [6.07, 6.45) is 2.89. The number of aromatic nitrogens is 2. The van der Waals surface area contributed by atoms with Crippen molar-refractivity contribution in [3.63, 3.8) is 0 Å². The molecular weight excluding hydrogens is 284 g/mol. The summed E-state index contributed by atoms with van der Waals surface area (Å²) in [5, 5.41) is 15.4. The van der Waals surface area contributed by atoms with Gasteiger partial charge in [0.05, 0.1) is 5.69 Å². The second-order valence-electron chi connectivity index (χ2n) is 5.86. The van der Waals surface area contributed by atoms with Crippen molar-refractivity contribution in [2.45, 2.75) is 33.1 Å². The summed E-state index contributed by atoms with van der Waals surface area (Å²) in [7, 11) is 0. The van der Waals surface area contributed by atoms with E-state index in [9.17, 15) is 5.11 Å². The van der Waals surface area contributed by atoms with Crippen molar-refractivity contribution in [3.8, 4) is 22.7 Å². The number of aryl methyl sites for hydroxylation is 2. The minimum absolute atomic E-state index is 0.299. The Kier molecular flexibility index (Phi) is 4.47. The minimum atomic E-state index is 0.299. The molecule has 3 nitrogen and oxygen atoms in total. The predicted molar refractivity (Wildman–Crippen MR) is 94.0 cm³/mol. The first kappa shape index (κ1) is 15.3. The molecule has 0 bridgehead atoms. The largest absolute Gasteiger partial charge is 0.504 e. The lowest BCUT2D eigenvalue weighted by Gasteiger charge is -2.08. The predicted octanol–water partition coefficient (Wildman–Crippen LogP) is 4.90. The molecule has 0 aliphatic carbocycles. The second-order valence-corrected chi connectivity index (χ2v) is 5.86. The summed E-state index contributed by atoms with van der Waals surface area (Å²) in [5.41, 5.74) is 4.65. The lowest BCUT2D eigenvalue weighted by atomic mass is 10.1. The molecule has 0 aliphatic heterocycles. The van der Waals surface area contributed by atoms with Gasteiger partial charge in [-0.1, -0.05) is 55.3 Å². The van der Waals surface area contributed by atoms with E-state index < -0.39 is 0 Å². The van der Waals surface area contributed by atoms with Crippen molar-refractivity contribution >= 4 is 0 Å². The molecule has 0 spiro atoms. The van der Waals surface area contributed by atoms with E-state index in [0.29, 0.717) is 5.75 Å². The van der Waals surface area contributed by atoms with Crippen LogP contribution in [0.4, 0.5) is 0 Å². The third-order valence-corrected chi connectivity index (χ3v) is 3.99. The molecule has 0 fully saturated rings. The maximum absolute atomic E-state index is 10.8. The van der Waals surface area contributed by atoms with Gasteiger partial charge in [0.15, 0.2) is 5.75 Å². The highest BCUT2D eigenvalue weighted by Crippen LogP contribution is 2.35. The van der Waals surface area contributed by atoms with Gasteiger partial charge in [0.2, 0.25) is 0 Å². The van der Waals surface area contributed by atoms with Gasteiger partial charge < -0.3 is 5.11 Å². The topological polar surface area (TPSA) is 38.0 Å². The van der Waals surface area contributed by atoms with Crippen LogP contribution in [0.25, 0.3) is 16.9 Å². The molecular formula is C20H22N2O. The van der Waals surface area contributed by atoms with Crippen molar-refractivity contribution in [1.29, 1.82) is 0 Å². The maximum Gasteiger partial charge on any atom is 0.165 e. The zero-order chi connectivity index (χ0) is 16.2. The standard InChI is InChI=1S/C20H22N2O/c1-3-4-13-18-20(23)19(16-10-8-9-15(2)14-16)22(21-18)17-11-6-5-7-12-17/h5-12,14,23H,3-4,13H2,1-2H3. The van der Waals surface area contributed by atoms with Gasteiger partial charge in [0.1, 0.15) is 11.4 Å². The first-order valence-electron chi connectivity index (χ1n) is 8.14. The molecule has 3 heteroatoms. The average molecular weight is 306 g/mol. The van der Waals surface area contributed by atoms with Gasteiger partial charge in [-0.3, -0.25) is 0 Å². The van der Waals surface area contributed by atoms with Crippen LogP contribution in [0.3, 0.4) is 0 Å². The van der Waals surface area contributed by atoms with Gasteiger partial charge in [0, 0.05) is 5.56 Å². The van der Waals surface area contributed by atoms with Crippen LogP contribution in [0.2, 0.25) is 0 Å². The molecule has 0 radical (unpaired) electrons. The van der Waals surface area contributed by atoms with Crippen LogP contribution in [0.5, 0.6) is 5.75 Å². The number of rotatable bonds is 5. The highest BCUT2D eigenvalue weighted by atomic mass is 16.3. The lowest BCUT2D eigenvalue weighted by Crippen LogP contribution is -1.99. The zero-order valence-electron chi connectivity index (χ0n) is 13.7. The Labute approximate surface area is 137 Å². The van der Waals surface area contributed by atoms with Crippen LogP contribution in [0, 0.1) is 6.92 Å². The van der Waals surface area contributed by atoms with E-state index in [4.69, 9.17) is 5.10 Å². The van der Waals surface area contributed by atoms with Crippen molar-refractivity contribution in [2.75, 3.05) is 0 Å². The molecule has 118 valence electrons. The molecule has 2 aromatic carbocycles. The van der Waals surface area contributed by atoms with Crippen LogP contribution >= 0.6 is 0 Å². The molecule has 3 aromatic rings. The van der Waals surface area contributed by atoms with Gasteiger partial charge in [-0.2, -0.15) is 5.10 Å². The van der Waals surface area contributed by atoms with E-state index >= 15 is 0 Å². The van der Waals surface area contributed by atoms with Crippen molar-refractivity contribution in [1.82, 2.24) is 9.78 Å². The molecule has 0 unspecified atom stereocenters. The number of hydrogen-bond acceptors (Lipinski definition) is 2. The molecule has 23 heavy (non-hydrogen) atoms. The first-order chi connectivity index (χ1) is 11.2. The summed E-state index contributed by atoms with van der Waals surface area (Å²) in [5.74, 6) is 0.299. The fourth-order valence-corrected chi connectivity index (χ4v) is 2.78. The van der Waals surface area contributed by atoms with E-state index in [1.54, 1.807) is 0 Å². The summed E-state index contributed by atoms with van der Waals surface area (Å²) in [6.45, 7) is 4.20. The van der Waals surface area contributed by atoms with Crippen LogP contribution in [0.15, 0.2) is 54.6 Å². The van der Waals surface area contributed by atoms with Gasteiger partial charge >= 0.3 is 0 Å². The molecule has 0 saturated heterocycles. The Morgan fingerprint density at radius 3 is 2.52 bits per heavy atom. The second kappa shape index (κ2) is 6.69. The van der Waals surface area contributed by atoms with E-state index in [1.165, 1.54) is 0 Å². The SMILES string of the molecule is CCCCc1nn(-c2ccccc2)c(-c2cccc(C)c2)c1O. The summed E-state index contributed by atoms with van der Waals surface area (Å²) in [6, 6.07) is 18.1. The van der Waals surface area contributed by atoms with Gasteiger partial charge in [-0.25, -0.2) is 4.68 Å². The third kappa shape index (κ3) is 3.14. The molecule has 1 N–H and O–H groups in total. The number of hydrogen-bond donors (Lipinski definition) is 1. The van der Waals surface area contributed by atoms with Crippen LogP contribution < -0.4 is 0 Å². The number of aromatic hydroxyl groups is 1. The normalized spacial score (nSPS) is 10.9. The zero-order valence-corrected chi connectivity index (χ0v) is 13.7. The van der Waals surface area contributed by atoms with Crippen molar-refractivity contribution in [2.24, 2.45) is 0 Å². The smallest absolute Gasteiger partial charge is 0.165 e.